The van der Waals surface area contributed by atoms with Gasteiger partial charge in [0, 0.05) is 18.2 Å². The lowest BCUT2D eigenvalue weighted by atomic mass is 10.2. The zero-order chi connectivity index (χ0) is 25.4. The SMILES string of the molecule is CCCOC(=O)c1ccc(-n2c3nc4ccccc4nc3c3c(=O)n([C@@H](C)CC)c(CC)nc32)cc1. The molecule has 0 aliphatic carbocycles. The Morgan fingerprint density at radius 2 is 1.64 bits per heavy atom. The summed E-state index contributed by atoms with van der Waals surface area (Å²) in [6, 6.07) is 14.7. The second-order valence-corrected chi connectivity index (χ2v) is 8.92. The van der Waals surface area contributed by atoms with Gasteiger partial charge in [-0.25, -0.2) is 19.7 Å². The molecule has 2 aromatic carbocycles. The lowest BCUT2D eigenvalue weighted by Gasteiger charge is -2.17. The van der Waals surface area contributed by atoms with Gasteiger partial charge in [0.25, 0.3) is 5.56 Å². The van der Waals surface area contributed by atoms with E-state index in [1.54, 1.807) is 16.7 Å². The first-order chi connectivity index (χ1) is 17.5. The quantitative estimate of drug-likeness (QED) is 0.289. The fraction of sp³-hybridized carbons (Fsp3) is 0.321. The number of carbonyl (C=O) groups excluding carboxylic acids is 1. The molecule has 0 aliphatic heterocycles. The van der Waals surface area contributed by atoms with E-state index in [1.165, 1.54) is 0 Å². The highest BCUT2D eigenvalue weighted by atomic mass is 16.5. The Hall–Kier alpha value is -4.07. The molecule has 0 unspecified atom stereocenters. The molecule has 8 heteroatoms. The monoisotopic (exact) mass is 483 g/mol. The number of hydrogen-bond acceptors (Lipinski definition) is 6. The summed E-state index contributed by atoms with van der Waals surface area (Å²) in [5.41, 5.74) is 4.12. The van der Waals surface area contributed by atoms with Crippen molar-refractivity contribution in [2.24, 2.45) is 0 Å². The van der Waals surface area contributed by atoms with Crippen LogP contribution >= 0.6 is 0 Å². The Morgan fingerprint density at radius 3 is 2.28 bits per heavy atom. The second kappa shape index (κ2) is 9.53. The van der Waals surface area contributed by atoms with Gasteiger partial charge in [0.2, 0.25) is 0 Å². The molecular formula is C28H29N5O3. The molecule has 3 aromatic heterocycles. The van der Waals surface area contributed by atoms with Gasteiger partial charge in [-0.1, -0.05) is 32.9 Å². The smallest absolute Gasteiger partial charge is 0.338 e. The molecule has 0 fully saturated rings. The summed E-state index contributed by atoms with van der Waals surface area (Å²) in [6.07, 6.45) is 2.18. The molecule has 0 bridgehead atoms. The predicted molar refractivity (Wildman–Crippen MR) is 141 cm³/mol. The van der Waals surface area contributed by atoms with Crippen molar-refractivity contribution in [1.29, 1.82) is 0 Å². The Bertz CT molecular complexity index is 1650. The molecule has 0 spiro atoms. The van der Waals surface area contributed by atoms with Crippen LogP contribution in [0.2, 0.25) is 0 Å². The van der Waals surface area contributed by atoms with Crippen molar-refractivity contribution in [1.82, 2.24) is 24.1 Å². The molecule has 0 radical (unpaired) electrons. The van der Waals surface area contributed by atoms with Crippen LogP contribution in [0.4, 0.5) is 0 Å². The molecule has 0 N–H and O–H groups in total. The number of benzene rings is 2. The van der Waals surface area contributed by atoms with Gasteiger partial charge >= 0.3 is 5.97 Å². The van der Waals surface area contributed by atoms with Crippen molar-refractivity contribution < 1.29 is 9.53 Å². The molecule has 8 nitrogen and oxygen atoms in total. The first kappa shape index (κ1) is 23.7. The van der Waals surface area contributed by atoms with E-state index in [1.807, 2.05) is 61.7 Å². The Kier molecular flexibility index (Phi) is 6.26. The van der Waals surface area contributed by atoms with E-state index in [2.05, 4.69) is 6.92 Å². The summed E-state index contributed by atoms with van der Waals surface area (Å²) in [5, 5.41) is 0.451. The highest BCUT2D eigenvalue weighted by molar-refractivity contribution is 6.06. The van der Waals surface area contributed by atoms with E-state index < -0.39 is 0 Å². The fourth-order valence-corrected chi connectivity index (χ4v) is 4.50. The van der Waals surface area contributed by atoms with Crippen LogP contribution in [0.15, 0.2) is 53.3 Å². The average molecular weight is 484 g/mol. The fourth-order valence-electron chi connectivity index (χ4n) is 4.50. The predicted octanol–water partition coefficient (Wildman–Crippen LogP) is 5.38. The third-order valence-electron chi connectivity index (χ3n) is 6.53. The number of aromatic nitrogens is 5. The molecule has 0 saturated heterocycles. The van der Waals surface area contributed by atoms with Crippen molar-refractivity contribution in [3.05, 3.63) is 70.3 Å². The summed E-state index contributed by atoms with van der Waals surface area (Å²) in [7, 11) is 0. The lowest BCUT2D eigenvalue weighted by Crippen LogP contribution is -2.28. The van der Waals surface area contributed by atoms with Crippen LogP contribution in [0.1, 0.15) is 62.8 Å². The lowest BCUT2D eigenvalue weighted by molar-refractivity contribution is 0.0505. The highest BCUT2D eigenvalue weighted by Crippen LogP contribution is 2.29. The summed E-state index contributed by atoms with van der Waals surface area (Å²) in [5.74, 6) is 0.356. The summed E-state index contributed by atoms with van der Waals surface area (Å²) < 4.78 is 8.92. The number of esters is 1. The zero-order valence-electron chi connectivity index (χ0n) is 21.0. The minimum absolute atomic E-state index is 0.00424. The van der Waals surface area contributed by atoms with Crippen LogP contribution in [0.3, 0.4) is 0 Å². The molecule has 0 aliphatic rings. The van der Waals surface area contributed by atoms with E-state index in [-0.39, 0.29) is 17.6 Å². The van der Waals surface area contributed by atoms with E-state index in [9.17, 15) is 9.59 Å². The molecule has 3 heterocycles. The maximum atomic E-state index is 13.9. The second-order valence-electron chi connectivity index (χ2n) is 8.92. The molecule has 5 rings (SSSR count). The van der Waals surface area contributed by atoms with Crippen molar-refractivity contribution in [2.75, 3.05) is 6.61 Å². The van der Waals surface area contributed by atoms with Crippen LogP contribution in [0.5, 0.6) is 0 Å². The molecular weight excluding hydrogens is 454 g/mol. The number of rotatable bonds is 7. The van der Waals surface area contributed by atoms with Gasteiger partial charge in [0.15, 0.2) is 11.3 Å². The summed E-state index contributed by atoms with van der Waals surface area (Å²) >= 11 is 0. The Balaban J connectivity index is 1.83. The van der Waals surface area contributed by atoms with Gasteiger partial charge in [-0.3, -0.25) is 13.9 Å². The first-order valence-electron chi connectivity index (χ1n) is 12.5. The number of para-hydroxylation sites is 2. The molecule has 1 atom stereocenters. The maximum Gasteiger partial charge on any atom is 0.338 e. The number of carbonyl (C=O) groups is 1. The molecule has 36 heavy (non-hydrogen) atoms. The van der Waals surface area contributed by atoms with Crippen LogP contribution in [-0.2, 0) is 11.2 Å². The molecule has 184 valence electrons. The van der Waals surface area contributed by atoms with Crippen molar-refractivity contribution in [2.45, 2.75) is 53.0 Å². The number of hydrogen-bond donors (Lipinski definition) is 0. The van der Waals surface area contributed by atoms with Crippen molar-refractivity contribution in [3.8, 4) is 5.69 Å². The minimum atomic E-state index is -0.362. The van der Waals surface area contributed by atoms with Gasteiger partial charge in [0.1, 0.15) is 16.7 Å². The van der Waals surface area contributed by atoms with Crippen molar-refractivity contribution >= 4 is 39.2 Å². The third-order valence-corrected chi connectivity index (χ3v) is 6.53. The summed E-state index contributed by atoms with van der Waals surface area (Å²) in [4.78, 5) is 41.0. The largest absolute Gasteiger partial charge is 0.462 e. The number of fused-ring (bicyclic) bond motifs is 4. The van der Waals surface area contributed by atoms with E-state index in [4.69, 9.17) is 19.7 Å². The third kappa shape index (κ3) is 3.82. The van der Waals surface area contributed by atoms with Crippen LogP contribution < -0.4 is 5.56 Å². The Labute approximate surface area is 208 Å². The Morgan fingerprint density at radius 1 is 0.944 bits per heavy atom. The standard InChI is InChI=1S/C28H29N5O3/c1-5-16-36-28(35)18-12-14-19(15-13-18)33-25-23(27(34)32(17(4)6-2)22(7-3)31-25)24-26(33)30-21-11-9-8-10-20(21)29-24/h8-15,17H,5-7,16H2,1-4H3/t17-/m0/s1. The van der Waals surface area contributed by atoms with Crippen LogP contribution in [0.25, 0.3) is 38.9 Å². The van der Waals surface area contributed by atoms with E-state index in [0.29, 0.717) is 46.3 Å². The normalized spacial score (nSPS) is 12.4. The van der Waals surface area contributed by atoms with E-state index >= 15 is 0 Å². The summed E-state index contributed by atoms with van der Waals surface area (Å²) in [6.45, 7) is 8.43. The minimum Gasteiger partial charge on any atom is -0.462 e. The first-order valence-corrected chi connectivity index (χ1v) is 12.5. The van der Waals surface area contributed by atoms with Crippen LogP contribution in [0, 0.1) is 0 Å². The number of ether oxygens (including phenoxy) is 1. The topological polar surface area (TPSA) is 91.9 Å². The molecule has 0 amide bonds. The zero-order valence-corrected chi connectivity index (χ0v) is 21.0. The maximum absolute atomic E-state index is 13.9. The van der Waals surface area contributed by atoms with Gasteiger partial charge in [0.05, 0.1) is 23.2 Å². The van der Waals surface area contributed by atoms with Crippen molar-refractivity contribution in [3.63, 3.8) is 0 Å². The number of nitrogens with zero attached hydrogens (tertiary/aromatic N) is 5. The van der Waals surface area contributed by atoms with Gasteiger partial charge in [-0.2, -0.15) is 0 Å². The highest BCUT2D eigenvalue weighted by Gasteiger charge is 2.24. The van der Waals surface area contributed by atoms with E-state index in [0.717, 1.165) is 29.9 Å². The molecule has 5 aromatic rings. The van der Waals surface area contributed by atoms with Gasteiger partial charge in [-0.15, -0.1) is 0 Å². The van der Waals surface area contributed by atoms with Crippen LogP contribution in [-0.4, -0.2) is 36.7 Å². The van der Waals surface area contributed by atoms with Gasteiger partial charge in [-0.05, 0) is 56.2 Å². The molecule has 0 saturated carbocycles. The number of aryl methyl sites for hydroxylation is 1. The van der Waals surface area contributed by atoms with Gasteiger partial charge < -0.3 is 4.74 Å². The average Bonchev–Trinajstić information content (AvgIpc) is 3.22.